The van der Waals surface area contributed by atoms with E-state index in [1.807, 2.05) is 11.3 Å². The summed E-state index contributed by atoms with van der Waals surface area (Å²) < 4.78 is 2.65. The third-order valence-corrected chi connectivity index (χ3v) is 16.3. The number of hydrogen-bond donors (Lipinski definition) is 0. The Labute approximate surface area is 442 Å². The SMILES string of the molecule is CC(C)(C)c1ccc(N2c3cc(N(c4ccccc4)c4ccccc4)ccc3B3c4sc5ccc(C(C)(C)C)cc5c4N(c4ccc(C(C)(C)C)cc4)c4cc(N(c5ccccc5)c5ccccc5)cc2c43)cc1. The zero-order chi connectivity index (χ0) is 51.1. The van der Waals surface area contributed by atoms with E-state index >= 15 is 0 Å². The maximum absolute atomic E-state index is 2.62. The van der Waals surface area contributed by atoms with Crippen LogP contribution in [0.1, 0.15) is 79.0 Å². The minimum Gasteiger partial charge on any atom is -0.311 e. The summed E-state index contributed by atoms with van der Waals surface area (Å²) in [6.07, 6.45) is 0. The maximum Gasteiger partial charge on any atom is 0.264 e. The van der Waals surface area contributed by atoms with Crippen molar-refractivity contribution in [1.82, 2.24) is 0 Å². The topological polar surface area (TPSA) is 13.0 Å². The molecule has 9 aromatic carbocycles. The molecule has 4 nitrogen and oxygen atoms in total. The molecule has 12 rings (SSSR count). The lowest BCUT2D eigenvalue weighted by Crippen LogP contribution is -2.60. The van der Waals surface area contributed by atoms with Gasteiger partial charge in [-0.15, -0.1) is 11.3 Å². The van der Waals surface area contributed by atoms with E-state index < -0.39 is 0 Å². The smallest absolute Gasteiger partial charge is 0.264 e. The van der Waals surface area contributed by atoms with Gasteiger partial charge in [-0.2, -0.15) is 0 Å². The zero-order valence-electron chi connectivity index (χ0n) is 44.1. The highest BCUT2D eigenvalue weighted by Gasteiger charge is 2.46. The summed E-state index contributed by atoms with van der Waals surface area (Å²) in [7, 11) is 0. The van der Waals surface area contributed by atoms with Crippen LogP contribution in [0.15, 0.2) is 218 Å². The van der Waals surface area contributed by atoms with Crippen molar-refractivity contribution in [1.29, 1.82) is 0 Å². The van der Waals surface area contributed by atoms with Crippen LogP contribution in [-0.4, -0.2) is 6.71 Å². The molecule has 0 fully saturated rings. The van der Waals surface area contributed by atoms with E-state index in [-0.39, 0.29) is 23.0 Å². The van der Waals surface area contributed by atoms with Crippen molar-refractivity contribution in [2.75, 3.05) is 19.6 Å². The Bertz CT molecular complexity index is 3580. The molecule has 364 valence electrons. The molecule has 0 atom stereocenters. The lowest BCUT2D eigenvalue weighted by Gasteiger charge is -2.44. The first kappa shape index (κ1) is 47.2. The molecule has 0 spiro atoms. The van der Waals surface area contributed by atoms with Gasteiger partial charge in [0.1, 0.15) is 0 Å². The molecule has 0 bridgehead atoms. The highest BCUT2D eigenvalue weighted by atomic mass is 32.1. The molecule has 74 heavy (non-hydrogen) atoms. The number of anilines is 12. The van der Waals surface area contributed by atoms with Gasteiger partial charge in [0.2, 0.25) is 0 Å². The Morgan fingerprint density at radius 2 is 0.770 bits per heavy atom. The van der Waals surface area contributed by atoms with Crippen LogP contribution in [0.3, 0.4) is 0 Å². The number of rotatable bonds is 8. The predicted octanol–water partition coefficient (Wildman–Crippen LogP) is 17.8. The molecule has 0 unspecified atom stereocenters. The Kier molecular flexibility index (Phi) is 11.5. The second-order valence-corrected chi connectivity index (χ2v) is 24.2. The summed E-state index contributed by atoms with van der Waals surface area (Å²) in [6.45, 7) is 20.7. The van der Waals surface area contributed by atoms with Gasteiger partial charge in [0.15, 0.2) is 0 Å². The van der Waals surface area contributed by atoms with Crippen molar-refractivity contribution in [3.8, 4) is 0 Å². The van der Waals surface area contributed by atoms with E-state index in [9.17, 15) is 0 Å². The second kappa shape index (κ2) is 18.0. The highest BCUT2D eigenvalue weighted by Crippen LogP contribution is 2.52. The Hall–Kier alpha value is -7.80. The molecule has 0 N–H and O–H groups in total. The van der Waals surface area contributed by atoms with Crippen LogP contribution in [0.25, 0.3) is 10.1 Å². The number of thiophene rings is 1. The Morgan fingerprint density at radius 1 is 0.365 bits per heavy atom. The highest BCUT2D eigenvalue weighted by molar-refractivity contribution is 7.33. The van der Waals surface area contributed by atoms with Gasteiger partial charge in [-0.1, -0.05) is 172 Å². The monoisotopic (exact) mass is 978 g/mol. The summed E-state index contributed by atoms with van der Waals surface area (Å²) in [4.78, 5) is 10.0. The summed E-state index contributed by atoms with van der Waals surface area (Å²) in [5.41, 5.74) is 20.1. The number of para-hydroxylation sites is 4. The van der Waals surface area contributed by atoms with Crippen LogP contribution in [-0.2, 0) is 16.2 Å². The van der Waals surface area contributed by atoms with Gasteiger partial charge in [0, 0.05) is 71.7 Å². The van der Waals surface area contributed by atoms with Crippen molar-refractivity contribution in [3.63, 3.8) is 0 Å². The molecule has 6 heteroatoms. The summed E-state index contributed by atoms with van der Waals surface area (Å²) in [5, 5.41) is 1.29. The van der Waals surface area contributed by atoms with Crippen molar-refractivity contribution in [3.05, 3.63) is 235 Å². The van der Waals surface area contributed by atoms with Crippen molar-refractivity contribution in [2.24, 2.45) is 0 Å². The molecule has 0 aliphatic carbocycles. The van der Waals surface area contributed by atoms with Crippen molar-refractivity contribution in [2.45, 2.75) is 78.6 Å². The number of fused-ring (bicyclic) bond motifs is 6. The van der Waals surface area contributed by atoms with Crippen LogP contribution in [0.5, 0.6) is 0 Å². The fraction of sp³-hybridized carbons (Fsp3) is 0.176. The molecular formula is C68H63BN4S. The van der Waals surface area contributed by atoms with Gasteiger partial charge < -0.3 is 19.6 Å². The van der Waals surface area contributed by atoms with Gasteiger partial charge in [0.05, 0.1) is 11.4 Å². The zero-order valence-corrected chi connectivity index (χ0v) is 44.9. The Morgan fingerprint density at radius 3 is 1.23 bits per heavy atom. The summed E-state index contributed by atoms with van der Waals surface area (Å²) >= 11 is 1.96. The molecule has 3 heterocycles. The number of benzene rings is 9. The molecule has 0 saturated carbocycles. The van der Waals surface area contributed by atoms with Crippen LogP contribution < -0.4 is 35.3 Å². The maximum atomic E-state index is 2.62. The van der Waals surface area contributed by atoms with Crippen LogP contribution in [0.2, 0.25) is 0 Å². The van der Waals surface area contributed by atoms with Crippen LogP contribution >= 0.6 is 11.3 Å². The van der Waals surface area contributed by atoms with E-state index in [1.54, 1.807) is 0 Å². The van der Waals surface area contributed by atoms with Crippen molar-refractivity contribution < 1.29 is 0 Å². The predicted molar refractivity (Wildman–Crippen MR) is 321 cm³/mol. The molecule has 0 amide bonds. The van der Waals surface area contributed by atoms with Gasteiger partial charge in [-0.3, -0.25) is 0 Å². The fourth-order valence-corrected chi connectivity index (χ4v) is 12.5. The summed E-state index contributed by atoms with van der Waals surface area (Å²) in [5.74, 6) is 0. The molecule has 0 saturated heterocycles. The average Bonchev–Trinajstić information content (AvgIpc) is 3.81. The molecule has 2 aliphatic heterocycles. The summed E-state index contributed by atoms with van der Waals surface area (Å²) in [6, 6.07) is 81.5. The average molecular weight is 979 g/mol. The van der Waals surface area contributed by atoms with Gasteiger partial charge in [-0.05, 0) is 153 Å². The quantitative estimate of drug-likeness (QED) is 0.141. The standard InChI is InChI=1S/C68H63BN4S/c1-66(2,3)46-30-35-53(36-31-46)72-59-43-55(70(49-22-14-10-15-23-49)50-24-16-11-17-25-50)39-40-58(59)69-63-60(72)44-56(71(51-26-18-12-19-27-51)52-28-20-13-21-29-52)45-61(63)73(54-37-32-47(33-38-54)67(4,5)6)64-57-42-48(68(7,8)9)34-41-62(57)74-65(64)69/h10-45H,1-9H3. The third-order valence-electron chi connectivity index (χ3n) is 15.1. The van der Waals surface area contributed by atoms with E-state index in [1.165, 1.54) is 53.9 Å². The van der Waals surface area contributed by atoms with E-state index in [0.29, 0.717) is 0 Å². The van der Waals surface area contributed by atoms with Crippen molar-refractivity contribution >= 4 is 112 Å². The fourth-order valence-electron chi connectivity index (χ4n) is 11.2. The lowest BCUT2D eigenvalue weighted by atomic mass is 9.36. The van der Waals surface area contributed by atoms with Crippen LogP contribution in [0, 0.1) is 0 Å². The van der Waals surface area contributed by atoms with Gasteiger partial charge in [-0.25, -0.2) is 0 Å². The van der Waals surface area contributed by atoms with Crippen LogP contribution in [0.4, 0.5) is 68.2 Å². The first-order valence-corrected chi connectivity index (χ1v) is 26.9. The first-order chi connectivity index (χ1) is 35.6. The van der Waals surface area contributed by atoms with E-state index in [0.717, 1.165) is 56.9 Å². The molecule has 2 aliphatic rings. The number of nitrogens with zero attached hydrogens (tertiary/aromatic N) is 4. The minimum atomic E-state index is -0.0671. The molecular weight excluding hydrogens is 916 g/mol. The largest absolute Gasteiger partial charge is 0.311 e. The van der Waals surface area contributed by atoms with E-state index in [2.05, 4.69) is 300 Å². The molecule has 1 aromatic heterocycles. The molecule has 10 aromatic rings. The minimum absolute atomic E-state index is 0.000522. The van der Waals surface area contributed by atoms with Gasteiger partial charge in [0.25, 0.3) is 6.71 Å². The lowest BCUT2D eigenvalue weighted by molar-refractivity contribution is 0.590. The third kappa shape index (κ3) is 8.26. The Balaban J connectivity index is 1.22. The first-order valence-electron chi connectivity index (χ1n) is 26.1. The number of hydrogen-bond acceptors (Lipinski definition) is 5. The van der Waals surface area contributed by atoms with Gasteiger partial charge >= 0.3 is 0 Å². The van der Waals surface area contributed by atoms with E-state index in [4.69, 9.17) is 0 Å². The second-order valence-electron chi connectivity index (χ2n) is 23.1. The molecule has 0 radical (unpaired) electrons. The normalized spacial score (nSPS) is 13.1.